The van der Waals surface area contributed by atoms with E-state index in [0.717, 1.165) is 25.7 Å². The molecular weight excluding hydrogens is 274 g/mol. The summed E-state index contributed by atoms with van der Waals surface area (Å²) in [5.74, 6) is 0.803. The zero-order valence-electron chi connectivity index (χ0n) is 11.4. The topological polar surface area (TPSA) is 67.2 Å². The molecule has 0 amide bonds. The first kappa shape index (κ1) is 14.9. The van der Waals surface area contributed by atoms with Gasteiger partial charge in [-0.2, -0.15) is 5.26 Å². The third kappa shape index (κ3) is 3.97. The first-order valence-electron chi connectivity index (χ1n) is 6.96. The highest BCUT2D eigenvalue weighted by Crippen LogP contribution is 2.25. The molecule has 108 valence electrons. The van der Waals surface area contributed by atoms with E-state index < -0.39 is 9.84 Å². The lowest BCUT2D eigenvalue weighted by molar-refractivity contribution is 0.317. The number of ether oxygens (including phenoxy) is 1. The summed E-state index contributed by atoms with van der Waals surface area (Å²) in [6.07, 6.45) is 4.18. The average molecular weight is 293 g/mol. The Balaban J connectivity index is 1.77. The third-order valence-electron chi connectivity index (χ3n) is 3.62. The summed E-state index contributed by atoms with van der Waals surface area (Å²) in [7, 11) is -2.96. The van der Waals surface area contributed by atoms with Gasteiger partial charge in [0.05, 0.1) is 29.2 Å². The van der Waals surface area contributed by atoms with Gasteiger partial charge in [-0.25, -0.2) is 8.42 Å². The summed E-state index contributed by atoms with van der Waals surface area (Å²) in [4.78, 5) is 0. The Bertz CT molecular complexity index is 583. The molecule has 20 heavy (non-hydrogen) atoms. The van der Waals surface area contributed by atoms with Crippen molar-refractivity contribution in [2.75, 3.05) is 12.4 Å². The van der Waals surface area contributed by atoms with E-state index in [2.05, 4.69) is 0 Å². The van der Waals surface area contributed by atoms with Crippen LogP contribution >= 0.6 is 0 Å². The highest BCUT2D eigenvalue weighted by molar-refractivity contribution is 7.92. The molecule has 5 heteroatoms. The first-order chi connectivity index (χ1) is 9.62. The summed E-state index contributed by atoms with van der Waals surface area (Å²) in [6.45, 7) is 0.362. The fraction of sp³-hybridized carbons (Fsp3) is 0.533. The largest absolute Gasteiger partial charge is 0.494 e. The van der Waals surface area contributed by atoms with Gasteiger partial charge in [0.2, 0.25) is 0 Å². The van der Waals surface area contributed by atoms with Gasteiger partial charge in [0.15, 0.2) is 9.84 Å². The quantitative estimate of drug-likeness (QED) is 0.756. The van der Waals surface area contributed by atoms with Crippen LogP contribution in [0, 0.1) is 11.3 Å². The Kier molecular flexibility index (Phi) is 5.02. The second kappa shape index (κ2) is 6.76. The van der Waals surface area contributed by atoms with Crippen LogP contribution in [0.15, 0.2) is 24.3 Å². The average Bonchev–Trinajstić information content (AvgIpc) is 2.99. The molecular formula is C15H19NO3S. The van der Waals surface area contributed by atoms with Crippen LogP contribution < -0.4 is 4.74 Å². The molecule has 2 rings (SSSR count). The van der Waals surface area contributed by atoms with Crippen molar-refractivity contribution in [1.82, 2.24) is 0 Å². The van der Waals surface area contributed by atoms with E-state index in [1.165, 1.54) is 0 Å². The number of sulfone groups is 1. The number of benzene rings is 1. The van der Waals surface area contributed by atoms with Crippen LogP contribution in [0.2, 0.25) is 0 Å². The van der Waals surface area contributed by atoms with Crippen molar-refractivity contribution in [2.45, 2.75) is 37.4 Å². The van der Waals surface area contributed by atoms with E-state index in [4.69, 9.17) is 10.00 Å². The molecule has 1 saturated carbocycles. The van der Waals surface area contributed by atoms with Crippen LogP contribution in [0.3, 0.4) is 0 Å². The van der Waals surface area contributed by atoms with Gasteiger partial charge in [-0.3, -0.25) is 0 Å². The van der Waals surface area contributed by atoms with Crippen molar-refractivity contribution in [3.05, 3.63) is 29.8 Å². The van der Waals surface area contributed by atoms with Crippen LogP contribution in [0.4, 0.5) is 0 Å². The van der Waals surface area contributed by atoms with E-state index >= 15 is 0 Å². The minimum absolute atomic E-state index is 0.135. The van der Waals surface area contributed by atoms with Crippen LogP contribution in [-0.2, 0) is 9.84 Å². The van der Waals surface area contributed by atoms with Crippen molar-refractivity contribution in [3.8, 4) is 11.8 Å². The van der Waals surface area contributed by atoms with E-state index in [9.17, 15) is 8.42 Å². The summed E-state index contributed by atoms with van der Waals surface area (Å²) in [6, 6.07) is 8.93. The van der Waals surface area contributed by atoms with E-state index in [1.54, 1.807) is 24.3 Å². The molecule has 0 aliphatic heterocycles. The van der Waals surface area contributed by atoms with Gasteiger partial charge in [-0.05, 0) is 37.5 Å². The molecule has 0 saturated heterocycles. The second-order valence-electron chi connectivity index (χ2n) is 5.12. The molecule has 1 aliphatic rings. The molecule has 4 nitrogen and oxygen atoms in total. The van der Waals surface area contributed by atoms with Crippen LogP contribution in [0.5, 0.6) is 5.75 Å². The molecule has 1 aromatic carbocycles. The molecule has 0 N–H and O–H groups in total. The molecule has 0 atom stereocenters. The fourth-order valence-corrected chi connectivity index (χ4v) is 4.42. The van der Waals surface area contributed by atoms with Crippen LogP contribution in [0.25, 0.3) is 0 Å². The Morgan fingerprint density at radius 2 is 2.05 bits per heavy atom. The maximum atomic E-state index is 12.0. The summed E-state index contributed by atoms with van der Waals surface area (Å²) < 4.78 is 29.6. The molecule has 1 fully saturated rings. The fourth-order valence-electron chi connectivity index (χ4n) is 2.52. The number of hydrogen-bond acceptors (Lipinski definition) is 4. The highest BCUT2D eigenvalue weighted by Gasteiger charge is 2.27. The molecule has 1 aliphatic carbocycles. The lowest BCUT2D eigenvalue weighted by Crippen LogP contribution is -2.22. The number of nitrogens with zero attached hydrogens (tertiary/aromatic N) is 1. The van der Waals surface area contributed by atoms with Gasteiger partial charge in [0.1, 0.15) is 5.75 Å². The monoisotopic (exact) mass is 293 g/mol. The Morgan fingerprint density at radius 3 is 2.75 bits per heavy atom. The number of nitriles is 1. The van der Waals surface area contributed by atoms with Crippen molar-refractivity contribution >= 4 is 9.84 Å². The lowest BCUT2D eigenvalue weighted by Gasteiger charge is -2.11. The van der Waals surface area contributed by atoms with Crippen molar-refractivity contribution in [2.24, 2.45) is 0 Å². The van der Waals surface area contributed by atoms with E-state index in [-0.39, 0.29) is 11.0 Å². The van der Waals surface area contributed by atoms with Crippen LogP contribution in [-0.4, -0.2) is 26.0 Å². The molecule has 0 heterocycles. The normalized spacial score (nSPS) is 15.9. The second-order valence-corrected chi connectivity index (χ2v) is 7.52. The smallest absolute Gasteiger partial charge is 0.153 e. The van der Waals surface area contributed by atoms with E-state index in [0.29, 0.717) is 24.3 Å². The molecule has 0 unspecified atom stereocenters. The SMILES string of the molecule is N#Cc1cccc(OCCCS(=O)(=O)C2CCCC2)c1. The zero-order valence-corrected chi connectivity index (χ0v) is 12.2. The minimum Gasteiger partial charge on any atom is -0.494 e. The standard InChI is InChI=1S/C15H19NO3S/c16-12-13-5-3-6-14(11-13)19-9-4-10-20(17,18)15-7-1-2-8-15/h3,5-6,11,15H,1-2,4,7-10H2. The predicted octanol–water partition coefficient (Wildman–Crippen LogP) is 2.68. The summed E-state index contributed by atoms with van der Waals surface area (Å²) in [5.41, 5.74) is 0.543. The zero-order chi connectivity index (χ0) is 14.4. The van der Waals surface area contributed by atoms with Gasteiger partial charge in [-0.15, -0.1) is 0 Å². The van der Waals surface area contributed by atoms with Crippen molar-refractivity contribution in [3.63, 3.8) is 0 Å². The summed E-state index contributed by atoms with van der Waals surface area (Å²) in [5, 5.41) is 8.64. The predicted molar refractivity (Wildman–Crippen MR) is 77.3 cm³/mol. The number of hydrogen-bond donors (Lipinski definition) is 0. The Hall–Kier alpha value is -1.54. The van der Waals surface area contributed by atoms with Gasteiger partial charge in [0.25, 0.3) is 0 Å². The third-order valence-corrected chi connectivity index (χ3v) is 5.96. The van der Waals surface area contributed by atoms with Gasteiger partial charge >= 0.3 is 0 Å². The molecule has 1 aromatic rings. The van der Waals surface area contributed by atoms with Gasteiger partial charge < -0.3 is 4.74 Å². The molecule has 0 spiro atoms. The molecule has 0 aromatic heterocycles. The Labute approximate surface area is 120 Å². The van der Waals surface area contributed by atoms with Crippen molar-refractivity contribution in [1.29, 1.82) is 5.26 Å². The maximum absolute atomic E-state index is 12.0. The highest BCUT2D eigenvalue weighted by atomic mass is 32.2. The molecule has 0 bridgehead atoms. The van der Waals surface area contributed by atoms with Gasteiger partial charge in [-0.1, -0.05) is 18.9 Å². The van der Waals surface area contributed by atoms with Crippen LogP contribution in [0.1, 0.15) is 37.7 Å². The maximum Gasteiger partial charge on any atom is 0.153 e. The molecule has 0 radical (unpaired) electrons. The van der Waals surface area contributed by atoms with E-state index in [1.807, 2.05) is 6.07 Å². The lowest BCUT2D eigenvalue weighted by atomic mass is 10.2. The van der Waals surface area contributed by atoms with Crippen molar-refractivity contribution < 1.29 is 13.2 Å². The first-order valence-corrected chi connectivity index (χ1v) is 8.68. The number of rotatable bonds is 6. The van der Waals surface area contributed by atoms with Gasteiger partial charge in [0, 0.05) is 0 Å². The summed E-state index contributed by atoms with van der Waals surface area (Å²) >= 11 is 0. The Morgan fingerprint density at radius 1 is 1.30 bits per heavy atom. The minimum atomic E-state index is -2.96.